The van der Waals surface area contributed by atoms with Gasteiger partial charge in [-0.3, -0.25) is 0 Å². The molecule has 1 aromatic heterocycles. The molecule has 4 nitrogen and oxygen atoms in total. The molecule has 1 aliphatic heterocycles. The number of nitrogens with zero attached hydrogens (tertiary/aromatic N) is 2. The van der Waals surface area contributed by atoms with E-state index >= 15 is 0 Å². The van der Waals surface area contributed by atoms with Crippen molar-refractivity contribution in [3.8, 4) is 0 Å². The van der Waals surface area contributed by atoms with E-state index in [2.05, 4.69) is 54.4 Å². The summed E-state index contributed by atoms with van der Waals surface area (Å²) < 4.78 is 5.73. The van der Waals surface area contributed by atoms with Crippen molar-refractivity contribution in [2.75, 3.05) is 11.9 Å². The number of para-hydroxylation sites is 1. The van der Waals surface area contributed by atoms with Gasteiger partial charge in [0.2, 0.25) is 5.89 Å². The summed E-state index contributed by atoms with van der Waals surface area (Å²) in [6.45, 7) is 7.53. The SMILES string of the molecule is CC(C)(C)SCc1noc(C2CCNc3ccccc32)n1. The molecule has 0 amide bonds. The van der Waals surface area contributed by atoms with Crippen LogP contribution in [0.4, 0.5) is 5.69 Å². The van der Waals surface area contributed by atoms with Crippen LogP contribution in [0.15, 0.2) is 28.8 Å². The fraction of sp³-hybridized carbons (Fsp3) is 0.500. The molecule has 0 radical (unpaired) electrons. The molecule has 0 spiro atoms. The fourth-order valence-corrected chi connectivity index (χ4v) is 3.15. The molecule has 2 heterocycles. The molecule has 1 atom stereocenters. The van der Waals surface area contributed by atoms with Gasteiger partial charge < -0.3 is 9.84 Å². The quantitative estimate of drug-likeness (QED) is 0.927. The summed E-state index contributed by atoms with van der Waals surface area (Å²) in [5.74, 6) is 2.54. The van der Waals surface area contributed by atoms with Gasteiger partial charge in [0, 0.05) is 17.0 Å². The fourth-order valence-electron chi connectivity index (χ4n) is 2.47. The molecule has 1 unspecified atom stereocenters. The molecule has 0 aliphatic carbocycles. The second-order valence-electron chi connectivity index (χ2n) is 6.31. The van der Waals surface area contributed by atoms with Gasteiger partial charge in [0.25, 0.3) is 0 Å². The lowest BCUT2D eigenvalue weighted by Crippen LogP contribution is -2.17. The Morgan fingerprint density at radius 1 is 1.33 bits per heavy atom. The van der Waals surface area contributed by atoms with Crippen LogP contribution in [0.25, 0.3) is 0 Å². The number of aromatic nitrogens is 2. The smallest absolute Gasteiger partial charge is 0.234 e. The van der Waals surface area contributed by atoms with Crippen LogP contribution in [0, 0.1) is 0 Å². The molecule has 1 aliphatic rings. The van der Waals surface area contributed by atoms with Crippen LogP contribution in [-0.4, -0.2) is 21.4 Å². The van der Waals surface area contributed by atoms with Crippen LogP contribution in [0.1, 0.15) is 50.4 Å². The molecule has 2 aromatic rings. The zero-order chi connectivity index (χ0) is 14.9. The first-order valence-electron chi connectivity index (χ1n) is 7.32. The Balaban J connectivity index is 1.78. The van der Waals surface area contributed by atoms with E-state index in [1.165, 1.54) is 11.3 Å². The first-order chi connectivity index (χ1) is 10.0. The molecule has 0 fully saturated rings. The van der Waals surface area contributed by atoms with Gasteiger partial charge in [-0.25, -0.2) is 0 Å². The number of nitrogens with one attached hydrogen (secondary N) is 1. The lowest BCUT2D eigenvalue weighted by Gasteiger charge is -2.23. The maximum Gasteiger partial charge on any atom is 0.234 e. The van der Waals surface area contributed by atoms with Gasteiger partial charge in [-0.2, -0.15) is 4.98 Å². The molecule has 5 heteroatoms. The minimum atomic E-state index is 0.210. The zero-order valence-corrected chi connectivity index (χ0v) is 13.5. The average molecular weight is 303 g/mol. The lowest BCUT2D eigenvalue weighted by atomic mass is 9.91. The Morgan fingerprint density at radius 2 is 2.14 bits per heavy atom. The number of benzene rings is 1. The molecule has 21 heavy (non-hydrogen) atoms. The number of thioether (sulfide) groups is 1. The number of hydrogen-bond donors (Lipinski definition) is 1. The molecule has 1 aromatic carbocycles. The van der Waals surface area contributed by atoms with Gasteiger partial charge in [-0.15, -0.1) is 11.8 Å². The van der Waals surface area contributed by atoms with Gasteiger partial charge in [0.1, 0.15) is 0 Å². The summed E-state index contributed by atoms with van der Waals surface area (Å²) in [6.07, 6.45) is 0.991. The summed E-state index contributed by atoms with van der Waals surface area (Å²) in [5.41, 5.74) is 2.43. The van der Waals surface area contributed by atoms with Crippen LogP contribution in [0.5, 0.6) is 0 Å². The van der Waals surface area contributed by atoms with E-state index in [9.17, 15) is 0 Å². The monoisotopic (exact) mass is 303 g/mol. The number of rotatable bonds is 3. The predicted octanol–water partition coefficient (Wildman–Crippen LogP) is 4.05. The first-order valence-corrected chi connectivity index (χ1v) is 8.31. The van der Waals surface area contributed by atoms with E-state index in [1.54, 1.807) is 0 Å². The third kappa shape index (κ3) is 3.40. The maximum absolute atomic E-state index is 5.52. The summed E-state index contributed by atoms with van der Waals surface area (Å²) >= 11 is 1.83. The zero-order valence-electron chi connectivity index (χ0n) is 12.7. The minimum absolute atomic E-state index is 0.210. The van der Waals surface area contributed by atoms with Crippen molar-refractivity contribution in [3.63, 3.8) is 0 Å². The maximum atomic E-state index is 5.52. The van der Waals surface area contributed by atoms with Crippen LogP contribution in [0.3, 0.4) is 0 Å². The standard InChI is InChI=1S/C16H21N3OS/c1-16(2,3)21-10-14-18-15(20-19-14)12-8-9-17-13-7-5-4-6-11(12)13/h4-7,12,17H,8-10H2,1-3H3. The Bertz CT molecular complexity index is 618. The summed E-state index contributed by atoms with van der Waals surface area (Å²) in [4.78, 5) is 4.61. The van der Waals surface area contributed by atoms with Crippen molar-refractivity contribution >= 4 is 17.4 Å². The molecule has 112 valence electrons. The van der Waals surface area contributed by atoms with Gasteiger partial charge in [-0.1, -0.05) is 44.1 Å². The van der Waals surface area contributed by atoms with Gasteiger partial charge in [0.15, 0.2) is 5.82 Å². The van der Waals surface area contributed by atoms with Crippen molar-refractivity contribution in [2.24, 2.45) is 0 Å². The highest BCUT2D eigenvalue weighted by atomic mass is 32.2. The second kappa shape index (κ2) is 5.72. The van der Waals surface area contributed by atoms with E-state index in [0.29, 0.717) is 0 Å². The molecule has 1 N–H and O–H groups in total. The normalized spacial score (nSPS) is 18.1. The lowest BCUT2D eigenvalue weighted by molar-refractivity contribution is 0.357. The van der Waals surface area contributed by atoms with Crippen LogP contribution < -0.4 is 5.32 Å². The molecule has 3 rings (SSSR count). The third-order valence-electron chi connectivity index (χ3n) is 3.50. The summed E-state index contributed by atoms with van der Waals surface area (Å²) in [6, 6.07) is 8.35. The van der Waals surface area contributed by atoms with Crippen LogP contribution >= 0.6 is 11.8 Å². The average Bonchev–Trinajstić information content (AvgIpc) is 2.92. The largest absolute Gasteiger partial charge is 0.385 e. The first kappa shape index (κ1) is 14.4. The Kier molecular flexibility index (Phi) is 3.93. The van der Waals surface area contributed by atoms with E-state index < -0.39 is 0 Å². The summed E-state index contributed by atoms with van der Waals surface area (Å²) in [7, 11) is 0. The third-order valence-corrected chi connectivity index (χ3v) is 4.77. The molecular formula is C16H21N3OS. The molecule has 0 saturated carbocycles. The van der Waals surface area contributed by atoms with Crippen molar-refractivity contribution in [2.45, 2.75) is 43.6 Å². The Morgan fingerprint density at radius 3 is 2.95 bits per heavy atom. The van der Waals surface area contributed by atoms with Crippen molar-refractivity contribution < 1.29 is 4.52 Å². The van der Waals surface area contributed by atoms with E-state index in [-0.39, 0.29) is 10.7 Å². The topological polar surface area (TPSA) is 51.0 Å². The second-order valence-corrected chi connectivity index (χ2v) is 8.11. The van der Waals surface area contributed by atoms with Crippen LogP contribution in [0.2, 0.25) is 0 Å². The highest BCUT2D eigenvalue weighted by Crippen LogP contribution is 2.35. The minimum Gasteiger partial charge on any atom is -0.385 e. The van der Waals surface area contributed by atoms with E-state index in [0.717, 1.165) is 30.4 Å². The van der Waals surface area contributed by atoms with Gasteiger partial charge in [0.05, 0.1) is 11.7 Å². The van der Waals surface area contributed by atoms with Crippen molar-refractivity contribution in [3.05, 3.63) is 41.5 Å². The number of hydrogen-bond acceptors (Lipinski definition) is 5. The highest BCUT2D eigenvalue weighted by molar-refractivity contribution is 7.99. The summed E-state index contributed by atoms with van der Waals surface area (Å²) in [5, 5.41) is 7.56. The Hall–Kier alpha value is -1.49. The number of anilines is 1. The molecular weight excluding hydrogens is 282 g/mol. The Labute approximate surface area is 129 Å². The molecule has 0 saturated heterocycles. The predicted molar refractivity (Wildman–Crippen MR) is 86.7 cm³/mol. The number of fused-ring (bicyclic) bond motifs is 1. The van der Waals surface area contributed by atoms with Gasteiger partial charge in [-0.05, 0) is 18.1 Å². The van der Waals surface area contributed by atoms with Gasteiger partial charge >= 0.3 is 0 Å². The van der Waals surface area contributed by atoms with Crippen molar-refractivity contribution in [1.29, 1.82) is 0 Å². The van der Waals surface area contributed by atoms with Crippen LogP contribution in [-0.2, 0) is 5.75 Å². The van der Waals surface area contributed by atoms with Crippen molar-refractivity contribution in [1.82, 2.24) is 10.1 Å². The highest BCUT2D eigenvalue weighted by Gasteiger charge is 2.26. The molecule has 0 bridgehead atoms. The van der Waals surface area contributed by atoms with E-state index in [1.807, 2.05) is 17.8 Å². The van der Waals surface area contributed by atoms with E-state index in [4.69, 9.17) is 4.52 Å².